The quantitative estimate of drug-likeness (QED) is 0.586. The second-order valence-electron chi connectivity index (χ2n) is 7.92. The maximum Gasteiger partial charge on any atom is 0.174 e. The highest BCUT2D eigenvalue weighted by atomic mass is 32.1. The molecule has 0 spiro atoms. The van der Waals surface area contributed by atoms with Crippen molar-refractivity contribution < 1.29 is 9.47 Å². The Kier molecular flexibility index (Phi) is 5.61. The second-order valence-corrected chi connectivity index (χ2v) is 8.30. The van der Waals surface area contributed by atoms with Crippen LogP contribution < -0.4 is 15.0 Å². The molecule has 0 saturated carbocycles. The molecule has 3 atom stereocenters. The Morgan fingerprint density at radius 1 is 1.16 bits per heavy atom. The second kappa shape index (κ2) is 8.69. The molecule has 6 nitrogen and oxygen atoms in total. The van der Waals surface area contributed by atoms with Crippen molar-refractivity contribution >= 4 is 23.0 Å². The summed E-state index contributed by atoms with van der Waals surface area (Å²) in [5.74, 6) is 0.821. The zero-order valence-electron chi connectivity index (χ0n) is 17.5. The summed E-state index contributed by atoms with van der Waals surface area (Å²) < 4.78 is 13.6. The number of benzene rings is 1. The largest absolute Gasteiger partial charge is 0.497 e. The van der Waals surface area contributed by atoms with E-state index < -0.39 is 0 Å². The third-order valence-corrected chi connectivity index (χ3v) is 6.36. The predicted molar refractivity (Wildman–Crippen MR) is 124 cm³/mol. The molecule has 31 heavy (non-hydrogen) atoms. The summed E-state index contributed by atoms with van der Waals surface area (Å²) in [6, 6.07) is 18.2. The number of pyridine rings is 1. The standard InChI is InChI=1S/C24H26N4O2S/c1-29-18-11-9-17(10-12-18)28-23(22(26-24(28)31)20-7-2-3-13-25-20)21-8-4-14-27(21)16-19-6-5-15-30-19/h2-4,7-14,19,22-23H,5-6,15-16H2,1H3,(H,26,31)/t19-,22-,23+/m0/s1. The normalized spacial score (nSPS) is 23.2. The highest BCUT2D eigenvalue weighted by Gasteiger charge is 2.42. The van der Waals surface area contributed by atoms with Gasteiger partial charge in [0.2, 0.25) is 0 Å². The Labute approximate surface area is 187 Å². The van der Waals surface area contributed by atoms with Crippen LogP contribution in [0, 0.1) is 0 Å². The molecule has 7 heteroatoms. The van der Waals surface area contributed by atoms with E-state index in [0.717, 1.165) is 43.1 Å². The van der Waals surface area contributed by atoms with E-state index in [1.165, 1.54) is 5.69 Å². The van der Waals surface area contributed by atoms with Gasteiger partial charge in [-0.2, -0.15) is 0 Å². The maximum atomic E-state index is 5.91. The summed E-state index contributed by atoms with van der Waals surface area (Å²) >= 11 is 5.82. The van der Waals surface area contributed by atoms with Gasteiger partial charge in [-0.15, -0.1) is 0 Å². The number of hydrogen-bond acceptors (Lipinski definition) is 4. The van der Waals surface area contributed by atoms with Crippen molar-refractivity contribution in [2.75, 3.05) is 18.6 Å². The maximum absolute atomic E-state index is 5.91. The number of rotatable bonds is 6. The highest BCUT2D eigenvalue weighted by Crippen LogP contribution is 2.42. The van der Waals surface area contributed by atoms with E-state index in [-0.39, 0.29) is 18.2 Å². The first-order valence-electron chi connectivity index (χ1n) is 10.7. The topological polar surface area (TPSA) is 51.5 Å². The van der Waals surface area contributed by atoms with Crippen LogP contribution in [0.15, 0.2) is 67.0 Å². The lowest BCUT2D eigenvalue weighted by Gasteiger charge is -2.29. The van der Waals surface area contributed by atoms with Gasteiger partial charge in [0, 0.05) is 36.9 Å². The van der Waals surface area contributed by atoms with E-state index in [9.17, 15) is 0 Å². The van der Waals surface area contributed by atoms with Crippen LogP contribution in [0.4, 0.5) is 5.69 Å². The fourth-order valence-electron chi connectivity index (χ4n) is 4.55. The smallest absolute Gasteiger partial charge is 0.174 e. The number of hydrogen-bond donors (Lipinski definition) is 1. The molecule has 3 aromatic rings. The average Bonchev–Trinajstić information content (AvgIpc) is 3.55. The van der Waals surface area contributed by atoms with E-state index in [2.05, 4.69) is 44.2 Å². The minimum absolute atomic E-state index is 0.0350. The molecule has 2 fully saturated rings. The third-order valence-electron chi connectivity index (χ3n) is 6.04. The molecular weight excluding hydrogens is 408 g/mol. The van der Waals surface area contributed by atoms with Gasteiger partial charge in [0.1, 0.15) is 11.8 Å². The van der Waals surface area contributed by atoms with Gasteiger partial charge < -0.3 is 24.3 Å². The Morgan fingerprint density at radius 2 is 2.03 bits per heavy atom. The van der Waals surface area contributed by atoms with E-state index in [4.69, 9.17) is 21.7 Å². The molecular formula is C24H26N4O2S. The molecule has 4 heterocycles. The van der Waals surface area contributed by atoms with E-state index in [1.807, 2.05) is 42.6 Å². The highest BCUT2D eigenvalue weighted by molar-refractivity contribution is 7.80. The Bertz CT molecular complexity index is 1030. The number of anilines is 1. The van der Waals surface area contributed by atoms with Gasteiger partial charge >= 0.3 is 0 Å². The first-order chi connectivity index (χ1) is 15.2. The SMILES string of the molecule is COc1ccc(N2C(=S)N[C@@H](c3ccccn3)[C@H]2c2cccn2C[C@@H]2CCCO2)cc1. The lowest BCUT2D eigenvalue weighted by Crippen LogP contribution is -2.31. The summed E-state index contributed by atoms with van der Waals surface area (Å²) in [7, 11) is 1.68. The molecule has 0 amide bonds. The van der Waals surface area contributed by atoms with Gasteiger partial charge in [-0.25, -0.2) is 0 Å². The number of aromatic nitrogens is 2. The minimum Gasteiger partial charge on any atom is -0.497 e. The van der Waals surface area contributed by atoms with Crippen LogP contribution in [0.3, 0.4) is 0 Å². The fourth-order valence-corrected chi connectivity index (χ4v) is 4.89. The summed E-state index contributed by atoms with van der Waals surface area (Å²) in [4.78, 5) is 6.83. The zero-order valence-corrected chi connectivity index (χ0v) is 18.3. The van der Waals surface area contributed by atoms with Crippen LogP contribution in [0.1, 0.15) is 36.3 Å². The number of nitrogens with one attached hydrogen (secondary N) is 1. The van der Waals surface area contributed by atoms with Crippen LogP contribution in [0.2, 0.25) is 0 Å². The predicted octanol–water partition coefficient (Wildman–Crippen LogP) is 4.25. The molecule has 1 aromatic carbocycles. The van der Waals surface area contributed by atoms with Crippen LogP contribution >= 0.6 is 12.2 Å². The van der Waals surface area contributed by atoms with Crippen molar-refractivity contribution in [3.63, 3.8) is 0 Å². The fraction of sp³-hybridized carbons (Fsp3) is 0.333. The average molecular weight is 435 g/mol. The lowest BCUT2D eigenvalue weighted by atomic mass is 10.0. The van der Waals surface area contributed by atoms with E-state index >= 15 is 0 Å². The molecule has 2 aromatic heterocycles. The molecule has 0 radical (unpaired) electrons. The van der Waals surface area contributed by atoms with Gasteiger partial charge in [-0.05, 0) is 73.6 Å². The molecule has 0 bridgehead atoms. The van der Waals surface area contributed by atoms with E-state index in [1.54, 1.807) is 7.11 Å². The number of nitrogens with zero attached hydrogens (tertiary/aromatic N) is 3. The molecule has 160 valence electrons. The summed E-state index contributed by atoms with van der Waals surface area (Å²) in [6.45, 7) is 1.70. The monoisotopic (exact) mass is 434 g/mol. The van der Waals surface area contributed by atoms with Crippen LogP contribution in [0.25, 0.3) is 0 Å². The van der Waals surface area contributed by atoms with Gasteiger partial charge in [-0.1, -0.05) is 6.07 Å². The van der Waals surface area contributed by atoms with Crippen molar-refractivity contribution in [3.8, 4) is 5.75 Å². The summed E-state index contributed by atoms with van der Waals surface area (Å²) in [5.41, 5.74) is 3.18. The van der Waals surface area contributed by atoms with E-state index in [0.29, 0.717) is 5.11 Å². The number of ether oxygens (including phenoxy) is 2. The number of methoxy groups -OCH3 is 1. The Hall–Kier alpha value is -2.90. The first-order valence-corrected chi connectivity index (χ1v) is 11.1. The van der Waals surface area contributed by atoms with Crippen molar-refractivity contribution in [1.29, 1.82) is 0 Å². The third kappa shape index (κ3) is 3.91. The van der Waals surface area contributed by atoms with Gasteiger partial charge in [0.05, 0.1) is 24.9 Å². The van der Waals surface area contributed by atoms with Gasteiger partial charge in [0.25, 0.3) is 0 Å². The Balaban J connectivity index is 1.56. The zero-order chi connectivity index (χ0) is 21.2. The molecule has 2 saturated heterocycles. The lowest BCUT2D eigenvalue weighted by molar-refractivity contribution is 0.0961. The first kappa shape index (κ1) is 20.0. The van der Waals surface area contributed by atoms with Crippen LogP contribution in [-0.2, 0) is 11.3 Å². The number of thiocarbonyl (C=S) groups is 1. The van der Waals surface area contributed by atoms with Crippen molar-refractivity contribution in [2.45, 2.75) is 37.6 Å². The molecule has 0 unspecified atom stereocenters. The van der Waals surface area contributed by atoms with Crippen molar-refractivity contribution in [3.05, 3.63) is 78.4 Å². The molecule has 2 aliphatic heterocycles. The summed E-state index contributed by atoms with van der Waals surface area (Å²) in [6.07, 6.45) is 6.46. The minimum atomic E-state index is -0.0612. The molecule has 2 aliphatic rings. The Morgan fingerprint density at radius 3 is 2.74 bits per heavy atom. The van der Waals surface area contributed by atoms with Gasteiger partial charge in [-0.3, -0.25) is 4.98 Å². The van der Waals surface area contributed by atoms with Gasteiger partial charge in [0.15, 0.2) is 5.11 Å². The molecule has 1 N–H and O–H groups in total. The van der Waals surface area contributed by atoms with Crippen molar-refractivity contribution in [1.82, 2.24) is 14.9 Å². The molecule has 5 rings (SSSR count). The van der Waals surface area contributed by atoms with Crippen molar-refractivity contribution in [2.24, 2.45) is 0 Å². The van der Waals surface area contributed by atoms with Crippen LogP contribution in [0.5, 0.6) is 5.75 Å². The van der Waals surface area contributed by atoms with Crippen LogP contribution in [-0.4, -0.2) is 34.5 Å². The summed E-state index contributed by atoms with van der Waals surface area (Å²) in [5, 5.41) is 4.22. The molecule has 0 aliphatic carbocycles.